The van der Waals surface area contributed by atoms with Crippen molar-refractivity contribution < 1.29 is 19.0 Å². The van der Waals surface area contributed by atoms with Crippen molar-refractivity contribution in [3.05, 3.63) is 29.3 Å². The molecular weight excluding hydrogens is 175 g/mol. The number of benzene rings is 1. The van der Waals surface area contributed by atoms with Crippen LogP contribution in [0.1, 0.15) is 15.9 Å². The summed E-state index contributed by atoms with van der Waals surface area (Å²) >= 11 is 0. The Morgan fingerprint density at radius 1 is 1.62 bits per heavy atom. The summed E-state index contributed by atoms with van der Waals surface area (Å²) in [5, 5.41) is 8.76. The van der Waals surface area contributed by atoms with Crippen molar-refractivity contribution in [1.82, 2.24) is 0 Å². The number of methoxy groups -OCH3 is 1. The van der Waals surface area contributed by atoms with Gasteiger partial charge in [-0.05, 0) is 6.07 Å². The summed E-state index contributed by atoms with van der Waals surface area (Å²) in [5.74, 6) is -0.993. The fourth-order valence-electron chi connectivity index (χ4n) is 1.10. The largest absolute Gasteiger partial charge is 0.496 e. The van der Waals surface area contributed by atoms with Crippen molar-refractivity contribution in [2.24, 2.45) is 0 Å². The lowest BCUT2D eigenvalue weighted by Gasteiger charge is -2.07. The van der Waals surface area contributed by atoms with E-state index in [9.17, 15) is 9.18 Å². The third kappa shape index (κ3) is 1.77. The van der Waals surface area contributed by atoms with Gasteiger partial charge in [0.1, 0.15) is 18.0 Å². The van der Waals surface area contributed by atoms with Gasteiger partial charge in [0.2, 0.25) is 0 Å². The van der Waals surface area contributed by atoms with E-state index in [0.29, 0.717) is 0 Å². The lowest BCUT2D eigenvalue weighted by molar-refractivity contribution is 0.0691. The third-order valence-electron chi connectivity index (χ3n) is 1.69. The fourth-order valence-corrected chi connectivity index (χ4v) is 1.10. The predicted octanol–water partition coefficient (Wildman–Crippen LogP) is 1.86. The van der Waals surface area contributed by atoms with Gasteiger partial charge < -0.3 is 9.84 Å². The molecule has 0 unspecified atom stereocenters. The van der Waals surface area contributed by atoms with E-state index in [-0.39, 0.29) is 16.9 Å². The Labute approximate surface area is 74.8 Å². The highest BCUT2D eigenvalue weighted by atomic mass is 19.1. The van der Waals surface area contributed by atoms with Crippen molar-refractivity contribution in [3.8, 4) is 5.75 Å². The molecule has 0 radical (unpaired) electrons. The third-order valence-corrected chi connectivity index (χ3v) is 1.69. The number of halogens is 1. The molecule has 0 saturated carbocycles. The maximum Gasteiger partial charge on any atom is 0.339 e. The number of alkyl halides is 1. The molecule has 1 aromatic rings. The van der Waals surface area contributed by atoms with Gasteiger partial charge in [-0.3, -0.25) is 0 Å². The lowest BCUT2D eigenvalue weighted by atomic mass is 10.1. The standard InChI is InChI=1S/C9H9FO3/c1-13-7-4-2-3-6(5-10)8(7)9(11)12/h2-4H,5H2,1H3,(H,11,12). The summed E-state index contributed by atoms with van der Waals surface area (Å²) in [4.78, 5) is 10.7. The SMILES string of the molecule is COc1cccc(CF)c1C(=O)O. The normalized spacial score (nSPS) is 9.69. The zero-order chi connectivity index (χ0) is 9.84. The summed E-state index contributed by atoms with van der Waals surface area (Å²) < 4.78 is 17.1. The molecule has 70 valence electrons. The number of hydrogen-bond acceptors (Lipinski definition) is 2. The van der Waals surface area contributed by atoms with Crippen molar-refractivity contribution in [3.63, 3.8) is 0 Å². The minimum atomic E-state index is -1.18. The second-order valence-corrected chi connectivity index (χ2v) is 2.43. The molecule has 13 heavy (non-hydrogen) atoms. The first-order valence-corrected chi connectivity index (χ1v) is 3.65. The summed E-state index contributed by atoms with van der Waals surface area (Å²) in [6.07, 6.45) is 0. The zero-order valence-corrected chi connectivity index (χ0v) is 7.08. The summed E-state index contributed by atoms with van der Waals surface area (Å²) in [6.45, 7) is -0.807. The molecule has 0 heterocycles. The number of carboxylic acids is 1. The van der Waals surface area contributed by atoms with Gasteiger partial charge in [-0.1, -0.05) is 12.1 Å². The maximum absolute atomic E-state index is 12.3. The van der Waals surface area contributed by atoms with Crippen molar-refractivity contribution in [1.29, 1.82) is 0 Å². The quantitative estimate of drug-likeness (QED) is 0.779. The fraction of sp³-hybridized carbons (Fsp3) is 0.222. The van der Waals surface area contributed by atoms with E-state index in [1.807, 2.05) is 0 Å². The molecule has 1 rings (SSSR count). The van der Waals surface area contributed by atoms with E-state index in [4.69, 9.17) is 9.84 Å². The van der Waals surface area contributed by atoms with Crippen LogP contribution in [-0.2, 0) is 6.67 Å². The Kier molecular flexibility index (Phi) is 2.84. The Morgan fingerprint density at radius 2 is 2.31 bits per heavy atom. The monoisotopic (exact) mass is 184 g/mol. The van der Waals surface area contributed by atoms with Gasteiger partial charge in [-0.15, -0.1) is 0 Å². The van der Waals surface area contributed by atoms with Gasteiger partial charge in [0, 0.05) is 5.56 Å². The highest BCUT2D eigenvalue weighted by Crippen LogP contribution is 2.22. The van der Waals surface area contributed by atoms with E-state index < -0.39 is 12.6 Å². The Morgan fingerprint density at radius 3 is 2.77 bits per heavy atom. The maximum atomic E-state index is 12.3. The number of carbonyl (C=O) groups is 1. The van der Waals surface area contributed by atoms with Crippen LogP contribution in [0.2, 0.25) is 0 Å². The first-order valence-electron chi connectivity index (χ1n) is 3.65. The topological polar surface area (TPSA) is 46.5 Å². The smallest absolute Gasteiger partial charge is 0.339 e. The number of carboxylic acid groups (broad SMARTS) is 1. The van der Waals surface area contributed by atoms with Gasteiger partial charge in [-0.2, -0.15) is 0 Å². The molecular formula is C9H9FO3. The van der Waals surface area contributed by atoms with Gasteiger partial charge >= 0.3 is 5.97 Å². The summed E-state index contributed by atoms with van der Waals surface area (Å²) in [6, 6.07) is 4.47. The molecule has 3 nitrogen and oxygen atoms in total. The van der Waals surface area contributed by atoms with Crippen molar-refractivity contribution in [2.75, 3.05) is 7.11 Å². The van der Waals surface area contributed by atoms with Gasteiger partial charge in [0.15, 0.2) is 0 Å². The molecule has 0 saturated heterocycles. The number of aromatic carboxylic acids is 1. The Hall–Kier alpha value is -1.58. The van der Waals surface area contributed by atoms with Crippen LogP contribution in [0.25, 0.3) is 0 Å². The number of hydrogen-bond donors (Lipinski definition) is 1. The molecule has 1 aromatic carbocycles. The second kappa shape index (κ2) is 3.89. The van der Waals surface area contributed by atoms with E-state index in [1.54, 1.807) is 6.07 Å². The molecule has 0 bridgehead atoms. The van der Waals surface area contributed by atoms with Crippen molar-refractivity contribution >= 4 is 5.97 Å². The lowest BCUT2D eigenvalue weighted by Crippen LogP contribution is -2.04. The molecule has 0 amide bonds. The van der Waals surface area contributed by atoms with E-state index in [2.05, 4.69) is 0 Å². The average Bonchev–Trinajstić information content (AvgIpc) is 2.16. The molecule has 0 aliphatic rings. The number of ether oxygens (including phenoxy) is 1. The van der Waals surface area contributed by atoms with Crippen LogP contribution in [0.5, 0.6) is 5.75 Å². The van der Waals surface area contributed by atoms with Crippen LogP contribution in [0, 0.1) is 0 Å². The minimum absolute atomic E-state index is 0.104. The predicted molar refractivity (Wildman–Crippen MR) is 44.8 cm³/mol. The molecule has 0 aromatic heterocycles. The van der Waals surface area contributed by atoms with Crippen molar-refractivity contribution in [2.45, 2.75) is 6.67 Å². The molecule has 4 heteroatoms. The molecule has 0 aliphatic carbocycles. The second-order valence-electron chi connectivity index (χ2n) is 2.43. The Balaban J connectivity index is 3.29. The highest BCUT2D eigenvalue weighted by molar-refractivity contribution is 5.92. The average molecular weight is 184 g/mol. The van der Waals surface area contributed by atoms with E-state index >= 15 is 0 Å². The van der Waals surface area contributed by atoms with Crippen LogP contribution in [-0.4, -0.2) is 18.2 Å². The molecule has 0 fully saturated rings. The van der Waals surface area contributed by atoms with E-state index in [0.717, 1.165) is 0 Å². The van der Waals surface area contributed by atoms with Gasteiger partial charge in [0.05, 0.1) is 7.11 Å². The van der Waals surface area contributed by atoms with Crippen LogP contribution >= 0.6 is 0 Å². The van der Waals surface area contributed by atoms with Crippen LogP contribution in [0.4, 0.5) is 4.39 Å². The summed E-state index contributed by atoms with van der Waals surface area (Å²) in [7, 11) is 1.35. The number of rotatable bonds is 3. The minimum Gasteiger partial charge on any atom is -0.496 e. The summed E-state index contributed by atoms with van der Waals surface area (Å²) in [5.41, 5.74) is 0.0272. The molecule has 1 N–H and O–H groups in total. The molecule has 0 spiro atoms. The van der Waals surface area contributed by atoms with Crippen LogP contribution in [0.3, 0.4) is 0 Å². The zero-order valence-electron chi connectivity index (χ0n) is 7.08. The van der Waals surface area contributed by atoms with Crippen LogP contribution in [0.15, 0.2) is 18.2 Å². The van der Waals surface area contributed by atoms with E-state index in [1.165, 1.54) is 19.2 Å². The molecule has 0 atom stereocenters. The van der Waals surface area contributed by atoms with Gasteiger partial charge in [-0.25, -0.2) is 9.18 Å². The first-order chi connectivity index (χ1) is 6.20. The highest BCUT2D eigenvalue weighted by Gasteiger charge is 2.15. The Bertz CT molecular complexity index is 300. The van der Waals surface area contributed by atoms with Gasteiger partial charge in [0.25, 0.3) is 0 Å². The first kappa shape index (κ1) is 9.51. The molecule has 0 aliphatic heterocycles. The van der Waals surface area contributed by atoms with Crippen LogP contribution < -0.4 is 4.74 Å².